The van der Waals surface area contributed by atoms with Gasteiger partial charge in [-0.1, -0.05) is 57.7 Å². The van der Waals surface area contributed by atoms with Crippen LogP contribution in [-0.2, 0) is 24.1 Å². The minimum absolute atomic E-state index is 0.0197. The van der Waals surface area contributed by atoms with Crippen LogP contribution in [0.1, 0.15) is 81.5 Å². The second-order valence-electron chi connectivity index (χ2n) is 10.8. The number of amides is 1. The molecular weight excluding hydrogens is 473 g/mol. The summed E-state index contributed by atoms with van der Waals surface area (Å²) in [6, 6.07) is 9.04. The number of hydrogen-bond acceptors (Lipinski definition) is 2. The van der Waals surface area contributed by atoms with Gasteiger partial charge in [-0.3, -0.25) is 4.79 Å². The summed E-state index contributed by atoms with van der Waals surface area (Å²) in [5.41, 5.74) is 4.81. The van der Waals surface area contributed by atoms with Crippen LogP contribution in [0.5, 0.6) is 0 Å². The molecule has 1 amide bonds. The van der Waals surface area contributed by atoms with E-state index in [1.165, 1.54) is 22.8 Å². The molecule has 1 aliphatic carbocycles. The molecule has 0 radical (unpaired) electrons. The quantitative estimate of drug-likeness (QED) is 0.375. The molecule has 0 aliphatic heterocycles. The zero-order chi connectivity index (χ0) is 26.2. The summed E-state index contributed by atoms with van der Waals surface area (Å²) in [6.07, 6.45) is 9.08. The Bertz CT molecular complexity index is 1020. The van der Waals surface area contributed by atoms with Gasteiger partial charge >= 0.3 is 0 Å². The first-order chi connectivity index (χ1) is 17.2. The molecule has 4 unspecified atom stereocenters. The van der Waals surface area contributed by atoms with Crippen molar-refractivity contribution in [2.75, 3.05) is 11.9 Å². The molecule has 1 saturated carbocycles. The number of halogens is 2. The fraction of sp³-hybridized carbons (Fsp3) is 0.581. The average molecular weight is 516 g/mol. The van der Waals surface area contributed by atoms with E-state index in [-0.39, 0.29) is 24.2 Å². The number of carbonyl (C=O) groups excluding carboxylic acids is 1. The van der Waals surface area contributed by atoms with Crippen LogP contribution >= 0.6 is 11.6 Å². The van der Waals surface area contributed by atoms with Gasteiger partial charge < -0.3 is 10.4 Å². The zero-order valence-electron chi connectivity index (χ0n) is 22.4. The molecule has 1 fully saturated rings. The highest BCUT2D eigenvalue weighted by Gasteiger charge is 2.28. The Morgan fingerprint density at radius 1 is 1.17 bits per heavy atom. The van der Waals surface area contributed by atoms with Crippen LogP contribution in [0.4, 0.5) is 10.1 Å². The van der Waals surface area contributed by atoms with Gasteiger partial charge in [0.15, 0.2) is 0 Å². The monoisotopic (exact) mass is 515 g/mol. The third kappa shape index (κ3) is 7.55. The molecule has 198 valence electrons. The molecule has 1 aliphatic rings. The number of aliphatic hydroxyl groups is 1. The molecule has 2 aromatic carbocycles. The van der Waals surface area contributed by atoms with E-state index in [0.717, 1.165) is 56.4 Å². The minimum Gasteiger partial charge on any atom is -0.396 e. The molecule has 3 rings (SSSR count). The molecule has 0 spiro atoms. The number of carbonyl (C=O) groups is 1. The van der Waals surface area contributed by atoms with Gasteiger partial charge in [0.05, 0.1) is 0 Å². The van der Waals surface area contributed by atoms with E-state index < -0.39 is 0 Å². The van der Waals surface area contributed by atoms with Crippen LogP contribution in [0.15, 0.2) is 30.3 Å². The number of benzene rings is 2. The molecule has 4 atom stereocenters. The molecule has 36 heavy (non-hydrogen) atoms. The Hall–Kier alpha value is -1.91. The van der Waals surface area contributed by atoms with Crippen molar-refractivity contribution in [3.8, 4) is 0 Å². The third-order valence-electron chi connectivity index (χ3n) is 8.34. The standard InChI is InChI=1S/C31H43ClFNO2/c1-5-23-17-26(14-15-35)28(29(32)18-23)19-25-11-7-10-24(9-6-8-20(25)2)22(4)31(36)34-27-12-13-30(33)21(3)16-27/h12-13,16-18,20,22,24-25,35H,5-11,14-15,19H2,1-4H3,(H,34,36). The van der Waals surface area contributed by atoms with Crippen LogP contribution in [-0.4, -0.2) is 17.6 Å². The van der Waals surface area contributed by atoms with E-state index in [0.29, 0.717) is 35.4 Å². The molecule has 0 heterocycles. The van der Waals surface area contributed by atoms with Gasteiger partial charge in [-0.25, -0.2) is 4.39 Å². The van der Waals surface area contributed by atoms with Gasteiger partial charge in [0.25, 0.3) is 0 Å². The van der Waals surface area contributed by atoms with Gasteiger partial charge in [0.2, 0.25) is 5.91 Å². The molecule has 5 heteroatoms. The highest BCUT2D eigenvalue weighted by atomic mass is 35.5. The molecule has 3 nitrogen and oxygen atoms in total. The van der Waals surface area contributed by atoms with E-state index >= 15 is 0 Å². The van der Waals surface area contributed by atoms with Gasteiger partial charge in [-0.15, -0.1) is 0 Å². The Balaban J connectivity index is 1.65. The summed E-state index contributed by atoms with van der Waals surface area (Å²) in [4.78, 5) is 13.0. The summed E-state index contributed by atoms with van der Waals surface area (Å²) in [5, 5.41) is 13.5. The van der Waals surface area contributed by atoms with Crippen molar-refractivity contribution in [1.82, 2.24) is 0 Å². The second-order valence-corrected chi connectivity index (χ2v) is 11.3. The number of rotatable bonds is 8. The second kappa shape index (κ2) is 13.6. The first-order valence-corrected chi connectivity index (χ1v) is 14.1. The number of hydrogen-bond donors (Lipinski definition) is 2. The summed E-state index contributed by atoms with van der Waals surface area (Å²) >= 11 is 6.76. The van der Waals surface area contributed by atoms with Crippen molar-refractivity contribution < 1.29 is 14.3 Å². The lowest BCUT2D eigenvalue weighted by molar-refractivity contribution is -0.121. The molecule has 0 bridgehead atoms. The van der Waals surface area contributed by atoms with E-state index in [1.54, 1.807) is 19.1 Å². The smallest absolute Gasteiger partial charge is 0.227 e. The maximum Gasteiger partial charge on any atom is 0.227 e. The van der Waals surface area contributed by atoms with E-state index in [2.05, 4.69) is 31.3 Å². The number of nitrogens with one attached hydrogen (secondary N) is 1. The van der Waals surface area contributed by atoms with Crippen molar-refractivity contribution in [2.24, 2.45) is 23.7 Å². The van der Waals surface area contributed by atoms with Crippen molar-refractivity contribution in [1.29, 1.82) is 0 Å². The predicted octanol–water partition coefficient (Wildman–Crippen LogP) is 7.92. The third-order valence-corrected chi connectivity index (χ3v) is 8.68. The molecule has 0 saturated heterocycles. The lowest BCUT2D eigenvalue weighted by Crippen LogP contribution is -2.27. The first kappa shape index (κ1) is 28.7. The molecule has 2 N–H and O–H groups in total. The van der Waals surface area contributed by atoms with Crippen LogP contribution in [0, 0.1) is 36.4 Å². The maximum atomic E-state index is 13.6. The Labute approximate surface area is 221 Å². The van der Waals surface area contributed by atoms with E-state index in [1.807, 2.05) is 6.92 Å². The van der Waals surface area contributed by atoms with Crippen molar-refractivity contribution in [3.63, 3.8) is 0 Å². The summed E-state index contributed by atoms with van der Waals surface area (Å²) in [5.74, 6) is 1.14. The van der Waals surface area contributed by atoms with Gasteiger partial charge in [0, 0.05) is 23.2 Å². The van der Waals surface area contributed by atoms with Crippen LogP contribution in [0.3, 0.4) is 0 Å². The van der Waals surface area contributed by atoms with Gasteiger partial charge in [0.1, 0.15) is 5.82 Å². The molecule has 0 aromatic heterocycles. The van der Waals surface area contributed by atoms with Crippen molar-refractivity contribution >= 4 is 23.2 Å². The maximum absolute atomic E-state index is 13.6. The topological polar surface area (TPSA) is 49.3 Å². The summed E-state index contributed by atoms with van der Waals surface area (Å²) in [7, 11) is 0. The lowest BCUT2D eigenvalue weighted by Gasteiger charge is -2.25. The fourth-order valence-electron chi connectivity index (χ4n) is 5.80. The first-order valence-electron chi connectivity index (χ1n) is 13.7. The van der Waals surface area contributed by atoms with Crippen LogP contribution in [0.25, 0.3) is 0 Å². The number of anilines is 1. The van der Waals surface area contributed by atoms with Gasteiger partial charge in [-0.05, 0) is 110 Å². The van der Waals surface area contributed by atoms with Crippen LogP contribution < -0.4 is 5.32 Å². The fourth-order valence-corrected chi connectivity index (χ4v) is 6.14. The highest BCUT2D eigenvalue weighted by molar-refractivity contribution is 6.31. The van der Waals surface area contributed by atoms with Crippen molar-refractivity contribution in [2.45, 2.75) is 85.5 Å². The zero-order valence-corrected chi connectivity index (χ0v) is 23.1. The van der Waals surface area contributed by atoms with E-state index in [9.17, 15) is 14.3 Å². The Morgan fingerprint density at radius 3 is 2.56 bits per heavy atom. The molecular formula is C31H43ClFNO2. The lowest BCUT2D eigenvalue weighted by atomic mass is 9.81. The SMILES string of the molecule is CCc1cc(Cl)c(CC2CCCC(C(C)C(=O)Nc3ccc(F)c(C)c3)CCCC2C)c(CCO)c1. The van der Waals surface area contributed by atoms with Crippen molar-refractivity contribution in [3.05, 3.63) is 63.4 Å². The van der Waals surface area contributed by atoms with Gasteiger partial charge in [-0.2, -0.15) is 0 Å². The van der Waals surface area contributed by atoms with Crippen LogP contribution in [0.2, 0.25) is 5.02 Å². The largest absolute Gasteiger partial charge is 0.396 e. The van der Waals surface area contributed by atoms with E-state index in [4.69, 9.17) is 11.6 Å². The minimum atomic E-state index is -0.257. The normalized spacial score (nSPS) is 21.8. The summed E-state index contributed by atoms with van der Waals surface area (Å²) < 4.78 is 13.6. The average Bonchev–Trinajstić information content (AvgIpc) is 2.93. The highest BCUT2D eigenvalue weighted by Crippen LogP contribution is 2.36. The molecule has 2 aromatic rings. The predicted molar refractivity (Wildman–Crippen MR) is 148 cm³/mol. The summed E-state index contributed by atoms with van der Waals surface area (Å²) in [6.45, 7) is 8.37. The number of aryl methyl sites for hydroxylation is 2. The Kier molecular flexibility index (Phi) is 10.8. The Morgan fingerprint density at radius 2 is 1.89 bits per heavy atom. The number of aliphatic hydroxyl groups excluding tert-OH is 1.